The lowest BCUT2D eigenvalue weighted by Gasteiger charge is -2.44. The van der Waals surface area contributed by atoms with Gasteiger partial charge in [0.25, 0.3) is 0 Å². The summed E-state index contributed by atoms with van der Waals surface area (Å²) in [4.78, 5) is 0. The molecular weight excluding hydrogens is 239 g/mol. The van der Waals surface area contributed by atoms with Crippen molar-refractivity contribution in [2.45, 2.75) is 85.4 Å². The van der Waals surface area contributed by atoms with Crippen LogP contribution >= 0.6 is 0 Å². The Balaban J connectivity index is 2.20. The minimum atomic E-state index is 0.0664. The van der Waals surface area contributed by atoms with Crippen LogP contribution in [0.4, 0.5) is 0 Å². The quantitative estimate of drug-likeness (QED) is 0.552. The highest BCUT2D eigenvalue weighted by atomic mass is 14.6. The zero-order valence-corrected chi connectivity index (χ0v) is 14.7. The first-order chi connectivity index (χ1) is 9.18. The summed E-state index contributed by atoms with van der Waals surface area (Å²) < 4.78 is 0. The van der Waals surface area contributed by atoms with Gasteiger partial charge in [0.15, 0.2) is 0 Å². The standard InChI is InChI=1S/C19H35B/c1-13(2)14(3)15-10-8-7-9-11-19(20,18(4,5)6)17-12-16(15)17/h13-17H,7-12H2,1-6H3. The Morgan fingerprint density at radius 2 is 1.70 bits per heavy atom. The summed E-state index contributed by atoms with van der Waals surface area (Å²) in [5, 5.41) is 0.0664. The van der Waals surface area contributed by atoms with Gasteiger partial charge in [0.05, 0.1) is 7.85 Å². The summed E-state index contributed by atoms with van der Waals surface area (Å²) in [6, 6.07) is 0. The van der Waals surface area contributed by atoms with Crippen molar-refractivity contribution in [3.05, 3.63) is 0 Å². The molecule has 2 aliphatic carbocycles. The van der Waals surface area contributed by atoms with Crippen LogP contribution in [0, 0.1) is 35.0 Å². The van der Waals surface area contributed by atoms with Gasteiger partial charge in [-0.15, -0.1) is 0 Å². The predicted molar refractivity (Wildman–Crippen MR) is 90.1 cm³/mol. The SMILES string of the molecule is [B]C1(C(C)(C)C)CCCCCC(C(C)C(C)C)C2CC21. The van der Waals surface area contributed by atoms with Gasteiger partial charge in [0, 0.05) is 0 Å². The summed E-state index contributed by atoms with van der Waals surface area (Å²) in [5.41, 5.74) is 0.238. The molecule has 0 aromatic carbocycles. The summed E-state index contributed by atoms with van der Waals surface area (Å²) in [5.74, 6) is 4.28. The predicted octanol–water partition coefficient (Wildman–Crippen LogP) is 5.87. The van der Waals surface area contributed by atoms with Crippen molar-refractivity contribution in [2.75, 3.05) is 0 Å². The molecule has 2 rings (SSSR count). The molecule has 20 heavy (non-hydrogen) atoms. The van der Waals surface area contributed by atoms with Crippen LogP contribution in [0.2, 0.25) is 5.31 Å². The van der Waals surface area contributed by atoms with Gasteiger partial charge in [-0.1, -0.05) is 72.5 Å². The van der Waals surface area contributed by atoms with Gasteiger partial charge >= 0.3 is 0 Å². The molecule has 5 atom stereocenters. The molecule has 114 valence electrons. The van der Waals surface area contributed by atoms with Crippen molar-refractivity contribution in [3.8, 4) is 0 Å². The maximum absolute atomic E-state index is 7.00. The Kier molecular flexibility index (Phi) is 4.68. The molecule has 0 amide bonds. The lowest BCUT2D eigenvalue weighted by atomic mass is 9.49. The van der Waals surface area contributed by atoms with Gasteiger partial charge in [0.1, 0.15) is 0 Å². The molecule has 0 N–H and O–H groups in total. The van der Waals surface area contributed by atoms with E-state index in [1.54, 1.807) is 0 Å². The highest BCUT2D eigenvalue weighted by Crippen LogP contribution is 2.67. The maximum Gasteiger partial charge on any atom is 0.0757 e. The summed E-state index contributed by atoms with van der Waals surface area (Å²) in [7, 11) is 7.00. The molecule has 5 unspecified atom stereocenters. The average Bonchev–Trinajstić information content (AvgIpc) is 3.10. The van der Waals surface area contributed by atoms with E-state index in [0.717, 1.165) is 29.6 Å². The summed E-state index contributed by atoms with van der Waals surface area (Å²) in [6.45, 7) is 14.4. The van der Waals surface area contributed by atoms with E-state index in [1.165, 1.54) is 38.5 Å². The van der Waals surface area contributed by atoms with Crippen molar-refractivity contribution in [2.24, 2.45) is 35.0 Å². The first-order valence-electron chi connectivity index (χ1n) is 8.97. The van der Waals surface area contributed by atoms with E-state index >= 15 is 0 Å². The largest absolute Gasteiger partial charge is 0.0757 e. The Morgan fingerprint density at radius 1 is 1.05 bits per heavy atom. The van der Waals surface area contributed by atoms with Gasteiger partial charge in [-0.05, 0) is 47.8 Å². The minimum Gasteiger partial charge on any atom is -0.0625 e. The van der Waals surface area contributed by atoms with Gasteiger partial charge < -0.3 is 0 Å². The Labute approximate surface area is 128 Å². The second kappa shape index (κ2) is 5.69. The Bertz CT molecular complexity index is 327. The molecule has 0 nitrogen and oxygen atoms in total. The molecule has 2 saturated carbocycles. The van der Waals surface area contributed by atoms with Crippen LogP contribution in [-0.2, 0) is 0 Å². The van der Waals surface area contributed by atoms with Gasteiger partial charge in [0.2, 0.25) is 0 Å². The first-order valence-corrected chi connectivity index (χ1v) is 8.97. The van der Waals surface area contributed by atoms with Crippen LogP contribution in [0.25, 0.3) is 0 Å². The van der Waals surface area contributed by atoms with Gasteiger partial charge in [-0.2, -0.15) is 0 Å². The van der Waals surface area contributed by atoms with E-state index in [1.807, 2.05) is 0 Å². The molecule has 0 saturated heterocycles. The smallest absolute Gasteiger partial charge is 0.0625 e. The fraction of sp³-hybridized carbons (Fsp3) is 1.00. The van der Waals surface area contributed by atoms with Crippen LogP contribution in [-0.4, -0.2) is 7.85 Å². The van der Waals surface area contributed by atoms with E-state index in [4.69, 9.17) is 7.85 Å². The van der Waals surface area contributed by atoms with Crippen LogP contribution in [0.3, 0.4) is 0 Å². The van der Waals surface area contributed by atoms with E-state index in [-0.39, 0.29) is 10.7 Å². The van der Waals surface area contributed by atoms with Gasteiger partial charge in [-0.3, -0.25) is 0 Å². The van der Waals surface area contributed by atoms with E-state index < -0.39 is 0 Å². The van der Waals surface area contributed by atoms with Crippen LogP contribution in [0.15, 0.2) is 0 Å². The molecule has 2 fully saturated rings. The molecule has 0 heterocycles. The third-order valence-electron chi connectivity index (χ3n) is 6.80. The molecule has 0 spiro atoms. The highest BCUT2D eigenvalue weighted by Gasteiger charge is 2.56. The van der Waals surface area contributed by atoms with E-state index in [9.17, 15) is 0 Å². The van der Waals surface area contributed by atoms with Crippen molar-refractivity contribution < 1.29 is 0 Å². The Morgan fingerprint density at radius 3 is 2.25 bits per heavy atom. The fourth-order valence-electron chi connectivity index (χ4n) is 4.73. The fourth-order valence-corrected chi connectivity index (χ4v) is 4.73. The summed E-state index contributed by atoms with van der Waals surface area (Å²) >= 11 is 0. The van der Waals surface area contributed by atoms with Crippen molar-refractivity contribution in [3.63, 3.8) is 0 Å². The number of fused-ring (bicyclic) bond motifs is 1. The van der Waals surface area contributed by atoms with E-state index in [0.29, 0.717) is 0 Å². The number of hydrogen-bond acceptors (Lipinski definition) is 0. The molecule has 2 aliphatic rings. The molecule has 0 aliphatic heterocycles. The first kappa shape index (κ1) is 16.4. The lowest BCUT2D eigenvalue weighted by molar-refractivity contribution is 0.179. The van der Waals surface area contributed by atoms with Crippen LogP contribution < -0.4 is 0 Å². The second-order valence-electron chi connectivity index (χ2n) is 9.16. The molecule has 0 bridgehead atoms. The third-order valence-corrected chi connectivity index (χ3v) is 6.80. The minimum absolute atomic E-state index is 0.0664. The normalized spacial score (nSPS) is 40.5. The van der Waals surface area contributed by atoms with Crippen LogP contribution in [0.1, 0.15) is 80.1 Å². The van der Waals surface area contributed by atoms with Crippen molar-refractivity contribution >= 4 is 7.85 Å². The van der Waals surface area contributed by atoms with E-state index in [2.05, 4.69) is 41.5 Å². The average molecular weight is 274 g/mol. The maximum atomic E-state index is 7.00. The molecule has 2 radical (unpaired) electrons. The van der Waals surface area contributed by atoms with Crippen molar-refractivity contribution in [1.82, 2.24) is 0 Å². The van der Waals surface area contributed by atoms with Crippen LogP contribution in [0.5, 0.6) is 0 Å². The Hall–Kier alpha value is 0.0649. The van der Waals surface area contributed by atoms with Gasteiger partial charge in [-0.25, -0.2) is 0 Å². The highest BCUT2D eigenvalue weighted by molar-refractivity contribution is 6.16. The zero-order valence-electron chi connectivity index (χ0n) is 14.7. The number of hydrogen-bond donors (Lipinski definition) is 0. The summed E-state index contributed by atoms with van der Waals surface area (Å²) in [6.07, 6.45) is 8.22. The molecule has 0 aromatic rings. The monoisotopic (exact) mass is 274 g/mol. The molecule has 1 heteroatoms. The zero-order chi connectivity index (χ0) is 15.1. The molecular formula is C19H35B. The lowest BCUT2D eigenvalue weighted by Crippen LogP contribution is -2.33. The topological polar surface area (TPSA) is 0 Å². The second-order valence-corrected chi connectivity index (χ2v) is 9.16. The molecule has 0 aromatic heterocycles. The third kappa shape index (κ3) is 2.97. The number of rotatable bonds is 2. The van der Waals surface area contributed by atoms with Crippen molar-refractivity contribution in [1.29, 1.82) is 0 Å².